The minimum absolute atomic E-state index is 0.443. The van der Waals surface area contributed by atoms with Gasteiger partial charge in [0.15, 0.2) is 0 Å². The van der Waals surface area contributed by atoms with Crippen molar-refractivity contribution in [3.8, 4) is 0 Å². The average Bonchev–Trinajstić information content (AvgIpc) is 2.34. The molecule has 0 aliphatic rings. The van der Waals surface area contributed by atoms with Crippen LogP contribution < -0.4 is 0 Å². The van der Waals surface area contributed by atoms with Crippen LogP contribution in [0.25, 0.3) is 0 Å². The van der Waals surface area contributed by atoms with Crippen molar-refractivity contribution >= 4 is 11.9 Å². The minimum atomic E-state index is -2.63. The van der Waals surface area contributed by atoms with E-state index in [1.807, 2.05) is 0 Å². The van der Waals surface area contributed by atoms with E-state index in [4.69, 9.17) is 4.74 Å². The lowest BCUT2D eigenvalue weighted by molar-refractivity contribution is -0.352. The summed E-state index contributed by atoms with van der Waals surface area (Å²) in [5.74, 6) is -2.97. The van der Waals surface area contributed by atoms with Crippen LogP contribution in [0.2, 0.25) is 0 Å². The number of aliphatic carboxylic acids is 1. The molecule has 21 heavy (non-hydrogen) atoms. The molecular weight excluding hydrogens is 278 g/mol. The molecule has 0 aliphatic heterocycles. The molecule has 0 aliphatic carbocycles. The first-order valence-corrected chi connectivity index (χ1v) is 6.28. The number of hydrogen-bond acceptors (Lipinski definition) is 6. The van der Waals surface area contributed by atoms with Crippen LogP contribution in [0.5, 0.6) is 0 Å². The van der Waals surface area contributed by atoms with Gasteiger partial charge in [0.1, 0.15) is 5.60 Å². The van der Waals surface area contributed by atoms with Crippen molar-refractivity contribution in [2.24, 2.45) is 0 Å². The van der Waals surface area contributed by atoms with Crippen LogP contribution in [0.1, 0.15) is 26.3 Å². The molecule has 7 heteroatoms. The maximum Gasteiger partial charge on any atom is 0.344 e. The number of carbonyl (C=O) groups excluding carboxylic acids is 1. The smallest absolute Gasteiger partial charge is 0.344 e. The maximum absolute atomic E-state index is 12.2. The Morgan fingerprint density at radius 3 is 2.05 bits per heavy atom. The number of rotatable bonds is 5. The lowest BCUT2D eigenvalue weighted by Gasteiger charge is -2.32. The van der Waals surface area contributed by atoms with E-state index in [0.717, 1.165) is 0 Å². The number of carboxylic acids is 1. The maximum atomic E-state index is 12.2. The minimum Gasteiger partial charge on any atom is -0.479 e. The van der Waals surface area contributed by atoms with E-state index in [2.05, 4.69) is 0 Å². The summed E-state index contributed by atoms with van der Waals surface area (Å²) in [7, 11) is 0. The molecule has 0 spiro atoms. The largest absolute Gasteiger partial charge is 0.479 e. The van der Waals surface area contributed by atoms with Crippen LogP contribution >= 0.6 is 0 Å². The SMILES string of the molecule is CC(C)(C)OC(=O)[C@](Cc1ccccc1)(C(=O)O)N(O)O. The second-order valence-electron chi connectivity index (χ2n) is 5.62. The molecule has 1 rings (SSSR count). The summed E-state index contributed by atoms with van der Waals surface area (Å²) in [4.78, 5) is 23.7. The third kappa shape index (κ3) is 4.01. The summed E-state index contributed by atoms with van der Waals surface area (Å²) >= 11 is 0. The first-order valence-electron chi connectivity index (χ1n) is 6.28. The Morgan fingerprint density at radius 1 is 1.14 bits per heavy atom. The van der Waals surface area contributed by atoms with Crippen LogP contribution in [0, 0.1) is 0 Å². The molecule has 116 valence electrons. The zero-order valence-corrected chi connectivity index (χ0v) is 12.1. The van der Waals surface area contributed by atoms with Crippen molar-refractivity contribution in [1.82, 2.24) is 5.23 Å². The molecule has 0 aromatic heterocycles. The molecule has 7 nitrogen and oxygen atoms in total. The number of carboxylic acid groups (broad SMARTS) is 1. The Balaban J connectivity index is 3.22. The fourth-order valence-electron chi connectivity index (χ4n) is 1.73. The fourth-order valence-corrected chi connectivity index (χ4v) is 1.73. The molecule has 0 amide bonds. The lowest BCUT2D eigenvalue weighted by Crippen LogP contribution is -2.61. The third-order valence-electron chi connectivity index (χ3n) is 2.73. The molecule has 1 atom stereocenters. The monoisotopic (exact) mass is 297 g/mol. The van der Waals surface area contributed by atoms with Gasteiger partial charge in [0.2, 0.25) is 0 Å². The first kappa shape index (κ1) is 17.1. The summed E-state index contributed by atoms with van der Waals surface area (Å²) in [6.45, 7) is 4.66. The van der Waals surface area contributed by atoms with Gasteiger partial charge < -0.3 is 9.84 Å². The molecule has 0 unspecified atom stereocenters. The van der Waals surface area contributed by atoms with Crippen LogP contribution in [-0.4, -0.2) is 43.8 Å². The van der Waals surface area contributed by atoms with Gasteiger partial charge in [-0.05, 0) is 31.6 Å². The molecule has 0 heterocycles. The molecule has 0 bridgehead atoms. The summed E-state index contributed by atoms with van der Waals surface area (Å²) in [6.07, 6.45) is -0.453. The van der Waals surface area contributed by atoms with Crippen LogP contribution in [0.15, 0.2) is 30.3 Å². The average molecular weight is 297 g/mol. The van der Waals surface area contributed by atoms with Gasteiger partial charge in [0.25, 0.3) is 5.54 Å². The van der Waals surface area contributed by atoms with Gasteiger partial charge in [0, 0.05) is 6.42 Å². The number of hydroxylamine groups is 2. The van der Waals surface area contributed by atoms with Crippen LogP contribution in [0.4, 0.5) is 0 Å². The standard InChI is InChI=1S/C14H19NO6/c1-13(2,3)21-12(18)14(11(16)17,15(19)20)9-10-7-5-4-6-8-10/h4-8,19-20H,9H2,1-3H3,(H,16,17)/t14-/m0/s1. The van der Waals surface area contributed by atoms with Gasteiger partial charge in [-0.3, -0.25) is 10.4 Å². The molecule has 1 aromatic carbocycles. The Hall–Kier alpha value is -1.96. The van der Waals surface area contributed by atoms with Gasteiger partial charge in [-0.2, -0.15) is 0 Å². The predicted octanol–water partition coefficient (Wildman–Crippen LogP) is 1.47. The van der Waals surface area contributed by atoms with Crippen molar-refractivity contribution in [3.05, 3.63) is 35.9 Å². The normalized spacial score (nSPS) is 14.6. The second kappa shape index (κ2) is 6.21. The van der Waals surface area contributed by atoms with Crippen molar-refractivity contribution in [2.45, 2.75) is 38.3 Å². The first-order chi connectivity index (χ1) is 9.59. The van der Waals surface area contributed by atoms with E-state index in [-0.39, 0.29) is 0 Å². The fraction of sp³-hybridized carbons (Fsp3) is 0.429. The number of ether oxygens (including phenoxy) is 1. The Labute approximate surface area is 122 Å². The van der Waals surface area contributed by atoms with Crippen molar-refractivity contribution in [3.63, 3.8) is 0 Å². The van der Waals surface area contributed by atoms with E-state index in [0.29, 0.717) is 5.56 Å². The van der Waals surface area contributed by atoms with Gasteiger partial charge in [-0.1, -0.05) is 30.3 Å². The third-order valence-corrected chi connectivity index (χ3v) is 2.73. The molecule has 0 saturated heterocycles. The van der Waals surface area contributed by atoms with Gasteiger partial charge in [0.05, 0.1) is 0 Å². The summed E-state index contributed by atoms with van der Waals surface area (Å²) in [5, 5.41) is 27.5. The van der Waals surface area contributed by atoms with E-state index in [1.54, 1.807) is 51.1 Å². The molecule has 0 radical (unpaired) electrons. The van der Waals surface area contributed by atoms with Crippen LogP contribution in [0.3, 0.4) is 0 Å². The quantitative estimate of drug-likeness (QED) is 0.429. The van der Waals surface area contributed by atoms with Crippen molar-refractivity contribution < 1.29 is 29.8 Å². The Kier molecular flexibility index (Phi) is 5.06. The number of esters is 1. The van der Waals surface area contributed by atoms with Gasteiger partial charge >= 0.3 is 11.9 Å². The predicted molar refractivity (Wildman–Crippen MR) is 71.8 cm³/mol. The highest BCUT2D eigenvalue weighted by Gasteiger charge is 2.54. The molecule has 0 fully saturated rings. The van der Waals surface area contributed by atoms with E-state index >= 15 is 0 Å². The molecule has 0 saturated carbocycles. The number of benzene rings is 1. The van der Waals surface area contributed by atoms with Crippen molar-refractivity contribution in [2.75, 3.05) is 0 Å². The highest BCUT2D eigenvalue weighted by molar-refractivity contribution is 6.04. The van der Waals surface area contributed by atoms with Crippen LogP contribution in [-0.2, 0) is 20.7 Å². The summed E-state index contributed by atoms with van der Waals surface area (Å²) < 4.78 is 5.02. The molecule has 3 N–H and O–H groups in total. The molecule has 1 aromatic rings. The number of carbonyl (C=O) groups is 2. The number of nitrogens with zero attached hydrogens (tertiary/aromatic N) is 1. The zero-order chi connectivity index (χ0) is 16.3. The number of hydrogen-bond donors (Lipinski definition) is 3. The Bertz CT molecular complexity index is 508. The van der Waals surface area contributed by atoms with E-state index in [9.17, 15) is 25.1 Å². The summed E-state index contributed by atoms with van der Waals surface area (Å²) in [6, 6.07) is 8.17. The Morgan fingerprint density at radius 2 is 1.67 bits per heavy atom. The zero-order valence-electron chi connectivity index (χ0n) is 12.1. The second-order valence-corrected chi connectivity index (χ2v) is 5.62. The lowest BCUT2D eigenvalue weighted by atomic mass is 9.91. The van der Waals surface area contributed by atoms with E-state index < -0.39 is 34.7 Å². The highest BCUT2D eigenvalue weighted by Crippen LogP contribution is 2.24. The highest BCUT2D eigenvalue weighted by atomic mass is 16.8. The van der Waals surface area contributed by atoms with Crippen molar-refractivity contribution in [1.29, 1.82) is 0 Å². The topological polar surface area (TPSA) is 107 Å². The van der Waals surface area contributed by atoms with Gasteiger partial charge in [-0.25, -0.2) is 9.59 Å². The molecular formula is C14H19NO6. The van der Waals surface area contributed by atoms with E-state index in [1.165, 1.54) is 0 Å². The van der Waals surface area contributed by atoms with Gasteiger partial charge in [-0.15, -0.1) is 0 Å². The summed E-state index contributed by atoms with van der Waals surface area (Å²) in [5.41, 5.74) is -3.15.